The lowest BCUT2D eigenvalue weighted by Crippen LogP contribution is -2.39. The van der Waals surface area contributed by atoms with Gasteiger partial charge in [-0.05, 0) is 54.7 Å². The number of fused-ring (bicyclic) bond motifs is 3. The Morgan fingerprint density at radius 1 is 1.23 bits per heavy atom. The summed E-state index contributed by atoms with van der Waals surface area (Å²) in [6.07, 6.45) is 4.85. The second kappa shape index (κ2) is 5.23. The molecule has 0 spiro atoms. The number of hydrogen-bond donors (Lipinski definition) is 2. The molecule has 2 N–H and O–H groups in total. The van der Waals surface area contributed by atoms with E-state index in [1.807, 2.05) is 12.1 Å². The molecule has 2 aliphatic rings. The van der Waals surface area contributed by atoms with Gasteiger partial charge in [-0.2, -0.15) is 0 Å². The van der Waals surface area contributed by atoms with E-state index in [-0.39, 0.29) is 17.5 Å². The number of rotatable bonds is 2. The number of nitrogens with one attached hydrogen (secondary N) is 2. The number of benzene rings is 1. The fourth-order valence-electron chi connectivity index (χ4n) is 4.02. The quantitative estimate of drug-likeness (QED) is 0.863. The maximum absolute atomic E-state index is 12.4. The highest BCUT2D eigenvalue weighted by Crippen LogP contribution is 2.44. The van der Waals surface area contributed by atoms with E-state index in [1.54, 1.807) is 12.1 Å². The monoisotopic (exact) mass is 360 g/mol. The predicted molar refractivity (Wildman–Crippen MR) is 89.0 cm³/mol. The average molecular weight is 361 g/mol. The lowest BCUT2D eigenvalue weighted by Gasteiger charge is -2.22. The normalized spacial score (nSPS) is 26.5. The molecule has 5 heteroatoms. The van der Waals surface area contributed by atoms with Gasteiger partial charge in [0.1, 0.15) is 5.69 Å². The molecule has 0 radical (unpaired) electrons. The third-order valence-electron chi connectivity index (χ3n) is 5.11. The molecule has 114 valence electrons. The van der Waals surface area contributed by atoms with Crippen molar-refractivity contribution in [2.45, 2.75) is 31.7 Å². The van der Waals surface area contributed by atoms with Gasteiger partial charge in [-0.15, -0.1) is 0 Å². The number of H-pyrrole nitrogens is 1. The Morgan fingerprint density at radius 2 is 2.09 bits per heavy atom. The number of pyridine rings is 1. The van der Waals surface area contributed by atoms with Crippen molar-refractivity contribution in [1.29, 1.82) is 0 Å². The number of carbonyl (C=O) groups excluding carboxylic acids is 1. The van der Waals surface area contributed by atoms with Crippen molar-refractivity contribution >= 4 is 32.6 Å². The van der Waals surface area contributed by atoms with Crippen molar-refractivity contribution in [1.82, 2.24) is 10.3 Å². The summed E-state index contributed by atoms with van der Waals surface area (Å²) in [4.78, 5) is 27.3. The van der Waals surface area contributed by atoms with E-state index in [4.69, 9.17) is 0 Å². The molecule has 4 rings (SSSR count). The van der Waals surface area contributed by atoms with Crippen LogP contribution in [0, 0.1) is 11.8 Å². The molecule has 3 atom stereocenters. The predicted octanol–water partition coefficient (Wildman–Crippen LogP) is 3.21. The Labute approximate surface area is 136 Å². The minimum Gasteiger partial charge on any atom is -0.348 e. The zero-order valence-electron chi connectivity index (χ0n) is 12.1. The fourth-order valence-corrected chi connectivity index (χ4v) is 4.38. The van der Waals surface area contributed by atoms with Gasteiger partial charge < -0.3 is 10.3 Å². The Kier molecular flexibility index (Phi) is 3.33. The van der Waals surface area contributed by atoms with E-state index in [0.717, 1.165) is 22.2 Å². The van der Waals surface area contributed by atoms with Crippen molar-refractivity contribution in [3.63, 3.8) is 0 Å². The van der Waals surface area contributed by atoms with Crippen LogP contribution in [0.15, 0.2) is 33.5 Å². The molecule has 2 fully saturated rings. The maximum atomic E-state index is 12.4. The Morgan fingerprint density at radius 3 is 2.82 bits per heavy atom. The number of halogens is 1. The van der Waals surface area contributed by atoms with Gasteiger partial charge in [0.2, 0.25) is 0 Å². The molecular formula is C17H17BrN2O2. The van der Waals surface area contributed by atoms with Crippen LogP contribution in [0.4, 0.5) is 0 Å². The maximum Gasteiger partial charge on any atom is 0.268 e. The topological polar surface area (TPSA) is 62.0 Å². The molecule has 0 aliphatic heterocycles. The molecule has 2 bridgehead atoms. The van der Waals surface area contributed by atoms with Crippen LogP contribution in [-0.2, 0) is 0 Å². The summed E-state index contributed by atoms with van der Waals surface area (Å²) in [5, 5.41) is 4.48. The minimum absolute atomic E-state index is 0.167. The number of aromatic nitrogens is 1. The second-order valence-corrected chi connectivity index (χ2v) is 7.41. The lowest BCUT2D eigenvalue weighted by atomic mass is 9.95. The highest BCUT2D eigenvalue weighted by molar-refractivity contribution is 9.10. The van der Waals surface area contributed by atoms with Gasteiger partial charge >= 0.3 is 0 Å². The van der Waals surface area contributed by atoms with Crippen molar-refractivity contribution in [3.8, 4) is 0 Å². The Bertz CT molecular complexity index is 814. The molecule has 22 heavy (non-hydrogen) atoms. The van der Waals surface area contributed by atoms with Crippen LogP contribution in [0.3, 0.4) is 0 Å². The standard InChI is InChI=1S/C17H17BrN2O2/c18-12-4-3-10-7-15(20-16(21)13(10)8-12)17(22)19-14-6-9-1-2-11(14)5-9/h3-4,7-9,11,14H,1-2,5-6H2,(H,19,22)(H,20,21)/t9-,11+,14-/m1/s1. The smallest absolute Gasteiger partial charge is 0.268 e. The van der Waals surface area contributed by atoms with Crippen LogP contribution < -0.4 is 10.9 Å². The van der Waals surface area contributed by atoms with Gasteiger partial charge in [-0.3, -0.25) is 9.59 Å². The third-order valence-corrected chi connectivity index (χ3v) is 5.60. The van der Waals surface area contributed by atoms with E-state index in [9.17, 15) is 9.59 Å². The summed E-state index contributed by atoms with van der Waals surface area (Å²) < 4.78 is 0.852. The van der Waals surface area contributed by atoms with Crippen LogP contribution >= 0.6 is 15.9 Å². The van der Waals surface area contributed by atoms with Crippen molar-refractivity contribution in [2.24, 2.45) is 11.8 Å². The summed E-state index contributed by atoms with van der Waals surface area (Å²) >= 11 is 3.36. The molecule has 1 aromatic carbocycles. The molecule has 4 nitrogen and oxygen atoms in total. The Balaban J connectivity index is 1.62. The highest BCUT2D eigenvalue weighted by Gasteiger charge is 2.40. The van der Waals surface area contributed by atoms with E-state index in [1.165, 1.54) is 19.3 Å². The average Bonchev–Trinajstić information content (AvgIpc) is 3.10. The van der Waals surface area contributed by atoms with Crippen LogP contribution in [0.2, 0.25) is 0 Å². The van der Waals surface area contributed by atoms with E-state index in [2.05, 4.69) is 26.2 Å². The largest absolute Gasteiger partial charge is 0.348 e. The first kappa shape index (κ1) is 14.0. The van der Waals surface area contributed by atoms with E-state index in [0.29, 0.717) is 17.0 Å². The zero-order valence-corrected chi connectivity index (χ0v) is 13.7. The molecule has 0 unspecified atom stereocenters. The summed E-state index contributed by atoms with van der Waals surface area (Å²) in [5.41, 5.74) is 0.125. The van der Waals surface area contributed by atoms with Crippen LogP contribution in [0.25, 0.3) is 10.8 Å². The van der Waals surface area contributed by atoms with Gasteiger partial charge in [-0.25, -0.2) is 0 Å². The molecule has 0 saturated heterocycles. The molecule has 1 amide bonds. The van der Waals surface area contributed by atoms with E-state index < -0.39 is 0 Å². The van der Waals surface area contributed by atoms with Crippen LogP contribution in [-0.4, -0.2) is 16.9 Å². The van der Waals surface area contributed by atoms with Crippen molar-refractivity contribution < 1.29 is 4.79 Å². The molecule has 2 saturated carbocycles. The fraction of sp³-hybridized carbons (Fsp3) is 0.412. The number of carbonyl (C=O) groups is 1. The first-order valence-corrected chi connectivity index (χ1v) is 8.53. The minimum atomic E-state index is -0.225. The summed E-state index contributed by atoms with van der Waals surface area (Å²) in [6, 6.07) is 7.52. The summed E-state index contributed by atoms with van der Waals surface area (Å²) in [6.45, 7) is 0. The van der Waals surface area contributed by atoms with Gasteiger partial charge in [0.25, 0.3) is 11.5 Å². The van der Waals surface area contributed by atoms with Crippen molar-refractivity contribution in [3.05, 3.63) is 44.8 Å². The van der Waals surface area contributed by atoms with Gasteiger partial charge in [0.05, 0.1) is 0 Å². The van der Waals surface area contributed by atoms with Crippen molar-refractivity contribution in [2.75, 3.05) is 0 Å². The van der Waals surface area contributed by atoms with Crippen LogP contribution in [0.1, 0.15) is 36.2 Å². The molecular weight excluding hydrogens is 344 g/mol. The SMILES string of the molecule is O=C(N[C@@H]1C[C@@H]2CC[C@H]1C2)c1cc2ccc(Br)cc2c(=O)[nH]1. The number of amides is 1. The van der Waals surface area contributed by atoms with Gasteiger partial charge in [0, 0.05) is 15.9 Å². The number of aromatic amines is 1. The third kappa shape index (κ3) is 2.37. The Hall–Kier alpha value is -1.62. The summed E-state index contributed by atoms with van der Waals surface area (Å²) in [7, 11) is 0. The molecule has 1 heterocycles. The molecule has 1 aromatic heterocycles. The lowest BCUT2D eigenvalue weighted by molar-refractivity contribution is 0.0918. The second-order valence-electron chi connectivity index (χ2n) is 6.50. The molecule has 2 aromatic rings. The van der Waals surface area contributed by atoms with Gasteiger partial charge in [-0.1, -0.05) is 28.4 Å². The summed E-state index contributed by atoms with van der Waals surface area (Å²) in [5.74, 6) is 1.24. The first-order valence-electron chi connectivity index (χ1n) is 7.73. The first-order chi connectivity index (χ1) is 10.6. The zero-order chi connectivity index (χ0) is 15.3. The number of hydrogen-bond acceptors (Lipinski definition) is 2. The van der Waals surface area contributed by atoms with Crippen LogP contribution in [0.5, 0.6) is 0 Å². The molecule has 2 aliphatic carbocycles. The van der Waals surface area contributed by atoms with E-state index >= 15 is 0 Å². The highest BCUT2D eigenvalue weighted by atomic mass is 79.9. The van der Waals surface area contributed by atoms with Gasteiger partial charge in [0.15, 0.2) is 0 Å².